The molecule has 2 aliphatic rings. The van der Waals surface area contributed by atoms with Gasteiger partial charge < -0.3 is 72.6 Å². The lowest BCUT2D eigenvalue weighted by Gasteiger charge is -2.42. The molecule has 0 saturated carbocycles. The summed E-state index contributed by atoms with van der Waals surface area (Å²) in [5, 5.41) is 41.0. The van der Waals surface area contributed by atoms with Gasteiger partial charge in [-0.15, -0.1) is 0 Å². The zero-order chi connectivity index (χ0) is 29.1. The van der Waals surface area contributed by atoms with Crippen LogP contribution in [0.3, 0.4) is 0 Å². The molecule has 4 N–H and O–H groups in total. The van der Waals surface area contributed by atoms with Crippen molar-refractivity contribution in [1.82, 2.24) is 0 Å². The summed E-state index contributed by atoms with van der Waals surface area (Å²) in [6.45, 7) is -0.328. The molecule has 19 heteroatoms. The molecule has 19 nitrogen and oxygen atoms in total. The molecular formula is C20H28O19. The van der Waals surface area contributed by atoms with Crippen molar-refractivity contribution in [2.75, 3.05) is 14.2 Å². The van der Waals surface area contributed by atoms with Crippen molar-refractivity contribution in [3.8, 4) is 0 Å². The molecule has 13 unspecified atom stereocenters. The summed E-state index contributed by atoms with van der Waals surface area (Å²) in [4.78, 5) is 56.1. The van der Waals surface area contributed by atoms with Gasteiger partial charge in [-0.05, 0) is 0 Å². The Bertz CT molecular complexity index is 797. The van der Waals surface area contributed by atoms with Crippen molar-refractivity contribution in [2.24, 2.45) is 0 Å². The SMILES string of the molecule is COC1OC(OC=O)C(OC(C=O)OC(OC=O)C(C=O)OC2OC(OC=O)C(OC)C(O)C2O)C(O)C1O. The lowest BCUT2D eigenvalue weighted by molar-refractivity contribution is -0.371. The molecule has 0 aliphatic carbocycles. The Morgan fingerprint density at radius 1 is 0.641 bits per heavy atom. The zero-order valence-corrected chi connectivity index (χ0v) is 20.3. The molecule has 2 rings (SSSR count). The second kappa shape index (κ2) is 15.8. The largest absolute Gasteiger partial charge is 0.435 e. The van der Waals surface area contributed by atoms with Gasteiger partial charge in [0, 0.05) is 14.2 Å². The third-order valence-electron chi connectivity index (χ3n) is 5.44. The number of aldehydes is 2. The van der Waals surface area contributed by atoms with Gasteiger partial charge in [0.05, 0.1) is 0 Å². The van der Waals surface area contributed by atoms with Gasteiger partial charge in [-0.1, -0.05) is 0 Å². The quantitative estimate of drug-likeness (QED) is 0.0721. The van der Waals surface area contributed by atoms with Gasteiger partial charge >= 0.3 is 0 Å². The Hall–Kier alpha value is -2.69. The van der Waals surface area contributed by atoms with E-state index >= 15 is 0 Å². The summed E-state index contributed by atoms with van der Waals surface area (Å²) >= 11 is 0. The predicted molar refractivity (Wildman–Crippen MR) is 111 cm³/mol. The maximum absolute atomic E-state index is 11.8. The Morgan fingerprint density at radius 3 is 1.72 bits per heavy atom. The number of methoxy groups -OCH3 is 2. The number of hydrogen-bond acceptors (Lipinski definition) is 19. The number of hydrogen-bond donors (Lipinski definition) is 4. The molecule has 222 valence electrons. The minimum absolute atomic E-state index is 0.000295. The van der Waals surface area contributed by atoms with Crippen LogP contribution in [0.5, 0.6) is 0 Å². The minimum Gasteiger partial charge on any atom is -0.435 e. The number of rotatable bonds is 17. The molecule has 0 aromatic carbocycles. The van der Waals surface area contributed by atoms with E-state index in [-0.39, 0.29) is 32.0 Å². The fraction of sp³-hybridized carbons (Fsp3) is 0.750. The fourth-order valence-electron chi connectivity index (χ4n) is 3.58. The molecule has 0 bridgehead atoms. The molecule has 2 saturated heterocycles. The van der Waals surface area contributed by atoms with Crippen LogP contribution in [0.1, 0.15) is 0 Å². The molecule has 2 aliphatic heterocycles. The molecule has 0 amide bonds. The van der Waals surface area contributed by atoms with Crippen LogP contribution in [-0.4, -0.2) is 147 Å². The molecule has 2 fully saturated rings. The maximum Gasteiger partial charge on any atom is 0.295 e. The van der Waals surface area contributed by atoms with E-state index in [0.717, 1.165) is 14.2 Å². The number of carbonyl (C=O) groups is 5. The second-order valence-electron chi connectivity index (χ2n) is 7.69. The van der Waals surface area contributed by atoms with E-state index in [9.17, 15) is 44.4 Å². The summed E-state index contributed by atoms with van der Waals surface area (Å²) in [6.07, 6.45) is -23.3. The van der Waals surface area contributed by atoms with Crippen LogP contribution in [0, 0.1) is 0 Å². The zero-order valence-electron chi connectivity index (χ0n) is 20.3. The van der Waals surface area contributed by atoms with Crippen molar-refractivity contribution in [1.29, 1.82) is 0 Å². The third-order valence-corrected chi connectivity index (χ3v) is 5.44. The Balaban J connectivity index is 2.19. The molecule has 0 spiro atoms. The summed E-state index contributed by atoms with van der Waals surface area (Å²) in [7, 11) is 2.24. The van der Waals surface area contributed by atoms with Gasteiger partial charge in [0.25, 0.3) is 19.4 Å². The summed E-state index contributed by atoms with van der Waals surface area (Å²) in [6, 6.07) is 0. The van der Waals surface area contributed by atoms with E-state index in [4.69, 9.17) is 33.2 Å². The predicted octanol–water partition coefficient (Wildman–Crippen LogP) is -5.19. The van der Waals surface area contributed by atoms with Crippen molar-refractivity contribution in [2.45, 2.75) is 80.5 Å². The smallest absolute Gasteiger partial charge is 0.295 e. The van der Waals surface area contributed by atoms with E-state index in [2.05, 4.69) is 14.2 Å². The summed E-state index contributed by atoms with van der Waals surface area (Å²) in [5.74, 6) is 0. The van der Waals surface area contributed by atoms with Crippen LogP contribution in [-0.2, 0) is 71.3 Å². The van der Waals surface area contributed by atoms with Gasteiger partial charge in [0.15, 0.2) is 37.4 Å². The number of aliphatic hydroxyl groups is 4. The van der Waals surface area contributed by atoms with E-state index < -0.39 is 80.5 Å². The summed E-state index contributed by atoms with van der Waals surface area (Å²) < 4.78 is 49.6. The molecule has 0 radical (unpaired) electrons. The van der Waals surface area contributed by atoms with Gasteiger partial charge in [-0.3, -0.25) is 19.2 Å². The van der Waals surface area contributed by atoms with Crippen LogP contribution >= 0.6 is 0 Å². The number of aliphatic hydroxyl groups excluding tert-OH is 4. The summed E-state index contributed by atoms with van der Waals surface area (Å²) in [5.41, 5.74) is 0. The highest BCUT2D eigenvalue weighted by atomic mass is 16.8. The van der Waals surface area contributed by atoms with E-state index in [1.165, 1.54) is 0 Å². The van der Waals surface area contributed by atoms with Crippen LogP contribution < -0.4 is 0 Å². The molecule has 0 aromatic heterocycles. The average molecular weight is 572 g/mol. The first-order valence-corrected chi connectivity index (χ1v) is 10.9. The normalized spacial score (nSPS) is 37.0. The number of ether oxygens (including phenoxy) is 10. The van der Waals surface area contributed by atoms with Crippen LogP contribution in [0.15, 0.2) is 0 Å². The fourth-order valence-corrected chi connectivity index (χ4v) is 3.58. The van der Waals surface area contributed by atoms with Crippen molar-refractivity contribution < 1.29 is 91.8 Å². The lowest BCUT2D eigenvalue weighted by atomic mass is 10.0. The van der Waals surface area contributed by atoms with Crippen LogP contribution in [0.4, 0.5) is 0 Å². The van der Waals surface area contributed by atoms with Crippen molar-refractivity contribution >= 4 is 32.0 Å². The Morgan fingerprint density at radius 2 is 1.21 bits per heavy atom. The highest BCUT2D eigenvalue weighted by Gasteiger charge is 2.50. The second-order valence-corrected chi connectivity index (χ2v) is 7.69. The molecule has 0 aromatic rings. The van der Waals surface area contributed by atoms with E-state index in [0.29, 0.717) is 0 Å². The van der Waals surface area contributed by atoms with E-state index in [1.54, 1.807) is 0 Å². The van der Waals surface area contributed by atoms with Crippen molar-refractivity contribution in [3.63, 3.8) is 0 Å². The monoisotopic (exact) mass is 572 g/mol. The number of carbonyl (C=O) groups excluding carboxylic acids is 5. The molecule has 2 heterocycles. The first kappa shape index (κ1) is 32.5. The molecule has 13 atom stereocenters. The average Bonchev–Trinajstić information content (AvgIpc) is 2.93. The Labute approximate surface area is 219 Å². The Kier molecular flexibility index (Phi) is 13.2. The first-order chi connectivity index (χ1) is 18.7. The van der Waals surface area contributed by atoms with E-state index in [1.807, 2.05) is 0 Å². The first-order valence-electron chi connectivity index (χ1n) is 10.9. The lowest BCUT2D eigenvalue weighted by Crippen LogP contribution is -2.61. The van der Waals surface area contributed by atoms with Gasteiger partial charge in [0.1, 0.15) is 30.5 Å². The van der Waals surface area contributed by atoms with Crippen molar-refractivity contribution in [3.05, 3.63) is 0 Å². The van der Waals surface area contributed by atoms with Gasteiger partial charge in [0.2, 0.25) is 25.2 Å². The molecule has 39 heavy (non-hydrogen) atoms. The standard InChI is InChI=1S/C20H28O19/c1-30-14-10(26)13(29)18(39-19(14)33-6-24)35-8(3-21)16(32-5-23)37-9(4-22)36-15-11(27)12(28)17(31-2)38-20(15)34-7-25/h3-20,26-29H,1-2H3. The molecular weight excluding hydrogens is 544 g/mol. The van der Waals surface area contributed by atoms with Gasteiger partial charge in [-0.25, -0.2) is 0 Å². The topological polar surface area (TPSA) is 259 Å². The third kappa shape index (κ3) is 7.93. The highest BCUT2D eigenvalue weighted by Crippen LogP contribution is 2.28. The minimum atomic E-state index is -2.10. The maximum atomic E-state index is 11.8. The van der Waals surface area contributed by atoms with Crippen LogP contribution in [0.25, 0.3) is 0 Å². The van der Waals surface area contributed by atoms with Crippen LogP contribution in [0.2, 0.25) is 0 Å². The van der Waals surface area contributed by atoms with Gasteiger partial charge in [-0.2, -0.15) is 0 Å². The highest BCUT2D eigenvalue weighted by molar-refractivity contribution is 5.58.